The lowest BCUT2D eigenvalue weighted by Gasteiger charge is -2.15. The van der Waals surface area contributed by atoms with Crippen molar-refractivity contribution < 1.29 is 9.47 Å². The minimum Gasteiger partial charge on any atom is -0.497 e. The summed E-state index contributed by atoms with van der Waals surface area (Å²) in [5, 5.41) is 5.03. The molecule has 2 aromatic carbocycles. The van der Waals surface area contributed by atoms with Gasteiger partial charge in [-0.2, -0.15) is 5.10 Å². The maximum Gasteiger partial charge on any atom is 0.118 e. The zero-order chi connectivity index (χ0) is 18.8. The van der Waals surface area contributed by atoms with Crippen molar-refractivity contribution >= 4 is 15.9 Å². The molecule has 1 saturated carbocycles. The maximum absolute atomic E-state index is 5.32. The summed E-state index contributed by atoms with van der Waals surface area (Å²) < 4.78 is 13.9. The fraction of sp³-hybridized carbons (Fsp3) is 0.318. The Hall–Kier alpha value is -2.27. The van der Waals surface area contributed by atoms with E-state index in [1.165, 1.54) is 25.7 Å². The quantitative estimate of drug-likeness (QED) is 0.493. The van der Waals surface area contributed by atoms with Gasteiger partial charge >= 0.3 is 0 Å². The van der Waals surface area contributed by atoms with Crippen LogP contribution in [0.25, 0.3) is 22.5 Å². The molecule has 0 amide bonds. The molecule has 0 spiro atoms. The minimum absolute atomic E-state index is 0.449. The highest BCUT2D eigenvalue weighted by molar-refractivity contribution is 9.10. The highest BCUT2D eigenvalue weighted by Crippen LogP contribution is 2.42. The van der Waals surface area contributed by atoms with Crippen LogP contribution in [0.3, 0.4) is 0 Å². The molecule has 1 heterocycles. The van der Waals surface area contributed by atoms with Crippen molar-refractivity contribution in [2.75, 3.05) is 14.2 Å². The first-order valence-corrected chi connectivity index (χ1v) is 10.1. The van der Waals surface area contributed by atoms with Gasteiger partial charge in [0, 0.05) is 11.1 Å². The topological polar surface area (TPSA) is 36.3 Å². The van der Waals surface area contributed by atoms with E-state index in [1.807, 2.05) is 24.3 Å². The molecule has 0 aliphatic heterocycles. The smallest absolute Gasteiger partial charge is 0.118 e. The number of aromatic nitrogens is 2. The minimum atomic E-state index is 0.449. The number of rotatable bonds is 5. The van der Waals surface area contributed by atoms with E-state index in [1.54, 1.807) is 14.2 Å². The predicted octanol–water partition coefficient (Wildman–Crippen LogP) is 6.11. The summed E-state index contributed by atoms with van der Waals surface area (Å²) in [5.74, 6) is 1.71. The summed E-state index contributed by atoms with van der Waals surface area (Å²) in [6.45, 7) is 0. The average molecular weight is 427 g/mol. The Balaban J connectivity index is 1.83. The van der Waals surface area contributed by atoms with Gasteiger partial charge in [0.25, 0.3) is 0 Å². The fourth-order valence-corrected chi connectivity index (χ4v) is 4.49. The van der Waals surface area contributed by atoms with Gasteiger partial charge in [-0.05, 0) is 77.3 Å². The molecule has 0 radical (unpaired) electrons. The molecular formula is C22H23BrN2O2. The van der Waals surface area contributed by atoms with Crippen LogP contribution in [-0.4, -0.2) is 24.0 Å². The van der Waals surface area contributed by atoms with Crippen LogP contribution in [0.4, 0.5) is 0 Å². The Bertz CT molecular complexity index is 911. The van der Waals surface area contributed by atoms with Crippen molar-refractivity contribution in [1.82, 2.24) is 9.78 Å². The summed E-state index contributed by atoms with van der Waals surface area (Å²) in [6, 6.07) is 16.7. The van der Waals surface area contributed by atoms with E-state index in [0.29, 0.717) is 6.04 Å². The SMILES string of the molecule is COc1ccc(-c2nn(C3CCCC3)c(-c3ccc(OC)cc3)c2Br)cc1. The van der Waals surface area contributed by atoms with Gasteiger partial charge < -0.3 is 9.47 Å². The zero-order valence-corrected chi connectivity index (χ0v) is 17.2. The normalized spacial score (nSPS) is 14.5. The third-order valence-electron chi connectivity index (χ3n) is 5.25. The molecule has 0 N–H and O–H groups in total. The van der Waals surface area contributed by atoms with Crippen molar-refractivity contribution in [2.24, 2.45) is 0 Å². The van der Waals surface area contributed by atoms with E-state index in [0.717, 1.165) is 38.5 Å². The van der Waals surface area contributed by atoms with Gasteiger partial charge in [0.1, 0.15) is 17.2 Å². The maximum atomic E-state index is 5.32. The molecule has 3 aromatic rings. The Morgan fingerprint density at radius 2 is 1.37 bits per heavy atom. The zero-order valence-electron chi connectivity index (χ0n) is 15.6. The van der Waals surface area contributed by atoms with Gasteiger partial charge in [-0.25, -0.2) is 0 Å². The van der Waals surface area contributed by atoms with Gasteiger partial charge in [-0.3, -0.25) is 4.68 Å². The van der Waals surface area contributed by atoms with Crippen molar-refractivity contribution in [3.8, 4) is 34.0 Å². The van der Waals surface area contributed by atoms with Crippen LogP contribution in [0.1, 0.15) is 31.7 Å². The third kappa shape index (κ3) is 3.48. The highest BCUT2D eigenvalue weighted by Gasteiger charge is 2.26. The summed E-state index contributed by atoms with van der Waals surface area (Å²) in [7, 11) is 3.37. The number of nitrogens with zero attached hydrogens (tertiary/aromatic N) is 2. The Morgan fingerprint density at radius 3 is 1.89 bits per heavy atom. The van der Waals surface area contributed by atoms with Gasteiger partial charge in [0.05, 0.1) is 30.4 Å². The molecule has 1 aromatic heterocycles. The summed E-state index contributed by atoms with van der Waals surface area (Å²) in [4.78, 5) is 0. The number of hydrogen-bond donors (Lipinski definition) is 0. The number of hydrogen-bond acceptors (Lipinski definition) is 3. The molecule has 5 heteroatoms. The highest BCUT2D eigenvalue weighted by atomic mass is 79.9. The van der Waals surface area contributed by atoms with E-state index >= 15 is 0 Å². The second kappa shape index (κ2) is 7.77. The monoisotopic (exact) mass is 426 g/mol. The summed E-state index contributed by atoms with van der Waals surface area (Å²) >= 11 is 3.85. The standard InChI is InChI=1S/C22H23BrN2O2/c1-26-18-11-7-15(8-12-18)21-20(23)22(16-9-13-19(27-2)14-10-16)25(24-21)17-5-3-4-6-17/h7-14,17H,3-6H2,1-2H3. The molecule has 140 valence electrons. The van der Waals surface area contributed by atoms with Crippen LogP contribution in [0.2, 0.25) is 0 Å². The van der Waals surface area contributed by atoms with Crippen molar-refractivity contribution in [3.05, 3.63) is 53.0 Å². The number of benzene rings is 2. The Morgan fingerprint density at radius 1 is 0.852 bits per heavy atom. The molecule has 4 nitrogen and oxygen atoms in total. The molecule has 0 unspecified atom stereocenters. The molecule has 0 saturated heterocycles. The first-order valence-electron chi connectivity index (χ1n) is 9.28. The van der Waals surface area contributed by atoms with Crippen LogP contribution >= 0.6 is 15.9 Å². The van der Waals surface area contributed by atoms with Crippen LogP contribution < -0.4 is 9.47 Å². The molecule has 1 aliphatic rings. The van der Waals surface area contributed by atoms with Crippen molar-refractivity contribution in [1.29, 1.82) is 0 Å². The van der Waals surface area contributed by atoms with Crippen LogP contribution in [0.15, 0.2) is 53.0 Å². The molecule has 1 aliphatic carbocycles. The first kappa shape index (κ1) is 18.1. The molecule has 1 fully saturated rings. The lowest BCUT2D eigenvalue weighted by atomic mass is 10.1. The van der Waals surface area contributed by atoms with E-state index in [-0.39, 0.29) is 0 Å². The van der Waals surface area contributed by atoms with Gasteiger partial charge in [0.15, 0.2) is 0 Å². The number of methoxy groups -OCH3 is 2. The van der Waals surface area contributed by atoms with Crippen molar-refractivity contribution in [3.63, 3.8) is 0 Å². The number of ether oxygens (including phenoxy) is 2. The second-order valence-electron chi connectivity index (χ2n) is 6.85. The van der Waals surface area contributed by atoms with Crippen molar-refractivity contribution in [2.45, 2.75) is 31.7 Å². The second-order valence-corrected chi connectivity index (χ2v) is 7.64. The predicted molar refractivity (Wildman–Crippen MR) is 111 cm³/mol. The van der Waals surface area contributed by atoms with Crippen LogP contribution in [0, 0.1) is 0 Å². The summed E-state index contributed by atoms with van der Waals surface area (Å²) in [6.07, 6.45) is 4.89. The van der Waals surface area contributed by atoms with E-state index in [2.05, 4.69) is 44.9 Å². The van der Waals surface area contributed by atoms with Gasteiger partial charge in [0.2, 0.25) is 0 Å². The molecule has 0 bridgehead atoms. The fourth-order valence-electron chi connectivity index (χ4n) is 3.77. The Labute approximate surface area is 168 Å². The van der Waals surface area contributed by atoms with E-state index in [4.69, 9.17) is 14.6 Å². The largest absolute Gasteiger partial charge is 0.497 e. The lowest BCUT2D eigenvalue weighted by Crippen LogP contribution is -2.08. The van der Waals surface area contributed by atoms with Gasteiger partial charge in [-0.1, -0.05) is 12.8 Å². The van der Waals surface area contributed by atoms with Gasteiger partial charge in [-0.15, -0.1) is 0 Å². The third-order valence-corrected chi connectivity index (χ3v) is 6.00. The van der Waals surface area contributed by atoms with Crippen LogP contribution in [0.5, 0.6) is 11.5 Å². The summed E-state index contributed by atoms with van der Waals surface area (Å²) in [5.41, 5.74) is 4.32. The van der Waals surface area contributed by atoms with Crippen LogP contribution in [-0.2, 0) is 0 Å². The molecule has 0 atom stereocenters. The Kier molecular flexibility index (Phi) is 5.21. The average Bonchev–Trinajstić information content (AvgIpc) is 3.36. The van der Waals surface area contributed by atoms with E-state index < -0.39 is 0 Å². The molecular weight excluding hydrogens is 404 g/mol. The molecule has 4 rings (SSSR count). The lowest BCUT2D eigenvalue weighted by molar-refractivity contribution is 0.414. The molecule has 27 heavy (non-hydrogen) atoms. The number of halogens is 1. The first-order chi connectivity index (χ1) is 13.2. The van der Waals surface area contributed by atoms with E-state index in [9.17, 15) is 0 Å².